The predicted molar refractivity (Wildman–Crippen MR) is 105 cm³/mol. The summed E-state index contributed by atoms with van der Waals surface area (Å²) in [5, 5.41) is 27.4. The lowest BCUT2D eigenvalue weighted by Gasteiger charge is -2.26. The predicted octanol–water partition coefficient (Wildman–Crippen LogP) is 2.83. The second-order valence-electron chi connectivity index (χ2n) is 7.49. The van der Waals surface area contributed by atoms with Crippen LogP contribution in [0.4, 0.5) is 5.69 Å². The van der Waals surface area contributed by atoms with Crippen LogP contribution in [0.1, 0.15) is 53.0 Å². The van der Waals surface area contributed by atoms with Gasteiger partial charge < -0.3 is 10.4 Å². The van der Waals surface area contributed by atoms with Gasteiger partial charge in [0.25, 0.3) is 5.91 Å². The quantitative estimate of drug-likeness (QED) is 0.567. The molecule has 1 fully saturated rings. The number of benzene rings is 1. The fraction of sp³-hybridized carbons (Fsp3) is 0.450. The number of carboxylic acids is 1. The third kappa shape index (κ3) is 4.61. The lowest BCUT2D eigenvalue weighted by molar-refractivity contribution is -0.386. The van der Waals surface area contributed by atoms with Crippen molar-refractivity contribution < 1.29 is 19.6 Å². The second-order valence-corrected chi connectivity index (χ2v) is 7.49. The van der Waals surface area contributed by atoms with E-state index in [9.17, 15) is 19.7 Å². The molecule has 2 N–H and O–H groups in total. The molecule has 9 nitrogen and oxygen atoms in total. The molecule has 0 aliphatic heterocycles. The van der Waals surface area contributed by atoms with Crippen molar-refractivity contribution in [1.82, 2.24) is 15.1 Å². The van der Waals surface area contributed by atoms with Gasteiger partial charge in [-0.1, -0.05) is 12.1 Å². The summed E-state index contributed by atoms with van der Waals surface area (Å²) in [6, 6.07) is 7.03. The Morgan fingerprint density at radius 2 is 1.83 bits per heavy atom. The van der Waals surface area contributed by atoms with Crippen LogP contribution in [-0.2, 0) is 11.3 Å². The van der Waals surface area contributed by atoms with Gasteiger partial charge in [0.2, 0.25) is 0 Å². The molecule has 1 heterocycles. The molecule has 2 aromatic rings. The summed E-state index contributed by atoms with van der Waals surface area (Å²) in [7, 11) is 0. The molecule has 9 heteroatoms. The molecule has 1 aliphatic carbocycles. The van der Waals surface area contributed by atoms with Crippen LogP contribution >= 0.6 is 0 Å². The average Bonchev–Trinajstić information content (AvgIpc) is 2.96. The number of hydrogen-bond acceptors (Lipinski definition) is 5. The Balaban J connectivity index is 1.60. The van der Waals surface area contributed by atoms with Crippen molar-refractivity contribution in [3.63, 3.8) is 0 Å². The molecular weight excluding hydrogens is 376 g/mol. The summed E-state index contributed by atoms with van der Waals surface area (Å²) in [6.07, 6.45) is 2.48. The van der Waals surface area contributed by atoms with Gasteiger partial charge in [-0.15, -0.1) is 0 Å². The van der Waals surface area contributed by atoms with Gasteiger partial charge in [-0.2, -0.15) is 5.10 Å². The van der Waals surface area contributed by atoms with Crippen molar-refractivity contribution in [1.29, 1.82) is 0 Å². The molecule has 1 aromatic heterocycles. The van der Waals surface area contributed by atoms with Gasteiger partial charge in [-0.05, 0) is 57.2 Å². The number of nitrogens with zero attached hydrogens (tertiary/aromatic N) is 3. The van der Waals surface area contributed by atoms with E-state index in [0.717, 1.165) is 5.56 Å². The number of carboxylic acid groups (broad SMARTS) is 1. The normalized spacial score (nSPS) is 19.0. The Morgan fingerprint density at radius 3 is 2.34 bits per heavy atom. The van der Waals surface area contributed by atoms with Crippen LogP contribution in [-0.4, -0.2) is 37.7 Å². The first kappa shape index (κ1) is 20.5. The fourth-order valence-electron chi connectivity index (χ4n) is 3.79. The minimum Gasteiger partial charge on any atom is -0.481 e. The Bertz CT molecular complexity index is 927. The highest BCUT2D eigenvalue weighted by Crippen LogP contribution is 2.25. The fourth-order valence-corrected chi connectivity index (χ4v) is 3.79. The molecule has 0 atom stereocenters. The largest absolute Gasteiger partial charge is 0.481 e. The van der Waals surface area contributed by atoms with Crippen molar-refractivity contribution in [3.8, 4) is 0 Å². The van der Waals surface area contributed by atoms with E-state index < -0.39 is 10.9 Å². The maximum Gasteiger partial charge on any atom is 0.312 e. The summed E-state index contributed by atoms with van der Waals surface area (Å²) in [4.78, 5) is 34.2. The summed E-state index contributed by atoms with van der Waals surface area (Å²) in [5.41, 5.74) is 2.29. The van der Waals surface area contributed by atoms with Crippen molar-refractivity contribution in [2.75, 3.05) is 0 Å². The molecule has 1 aliphatic rings. The molecule has 1 amide bonds. The van der Waals surface area contributed by atoms with E-state index in [1.54, 1.807) is 42.8 Å². The van der Waals surface area contributed by atoms with Crippen molar-refractivity contribution >= 4 is 17.6 Å². The van der Waals surface area contributed by atoms with Gasteiger partial charge in [0, 0.05) is 11.6 Å². The lowest BCUT2D eigenvalue weighted by Crippen LogP contribution is -2.38. The van der Waals surface area contributed by atoms with Crippen LogP contribution in [0, 0.1) is 29.9 Å². The van der Waals surface area contributed by atoms with Gasteiger partial charge in [0.05, 0.1) is 17.4 Å². The maximum absolute atomic E-state index is 12.5. The van der Waals surface area contributed by atoms with Crippen LogP contribution in [0.15, 0.2) is 24.3 Å². The number of amides is 1. The van der Waals surface area contributed by atoms with Gasteiger partial charge in [0.1, 0.15) is 11.4 Å². The number of hydrogen-bond donors (Lipinski definition) is 2. The first-order valence-electron chi connectivity index (χ1n) is 9.57. The number of nitrogens with one attached hydrogen (secondary N) is 1. The molecule has 0 bridgehead atoms. The zero-order valence-electron chi connectivity index (χ0n) is 16.4. The Labute approximate surface area is 167 Å². The van der Waals surface area contributed by atoms with Gasteiger partial charge in [0.15, 0.2) is 0 Å². The molecule has 0 unspecified atom stereocenters. The third-order valence-corrected chi connectivity index (χ3v) is 5.49. The number of nitro groups is 1. The smallest absolute Gasteiger partial charge is 0.312 e. The molecule has 1 saturated carbocycles. The minimum absolute atomic E-state index is 0.00646. The van der Waals surface area contributed by atoms with E-state index >= 15 is 0 Å². The molecule has 1 aromatic carbocycles. The van der Waals surface area contributed by atoms with Crippen molar-refractivity contribution in [3.05, 3.63) is 56.9 Å². The average molecular weight is 400 g/mol. The third-order valence-electron chi connectivity index (χ3n) is 5.49. The highest BCUT2D eigenvalue weighted by Gasteiger charge is 2.27. The molecule has 154 valence electrons. The molecule has 3 rings (SSSR count). The van der Waals surface area contributed by atoms with E-state index in [2.05, 4.69) is 10.4 Å². The number of carbonyl (C=O) groups excluding carboxylic acids is 1. The first-order valence-corrected chi connectivity index (χ1v) is 9.57. The van der Waals surface area contributed by atoms with Crippen molar-refractivity contribution in [2.45, 2.75) is 52.1 Å². The van der Waals surface area contributed by atoms with Gasteiger partial charge >= 0.3 is 11.7 Å². The molecule has 29 heavy (non-hydrogen) atoms. The standard InChI is InChI=1S/C20H24N4O5/c1-12-18(24(28)29)13(2)23(22-12)11-14-3-5-15(6-4-14)19(25)21-17-9-7-16(8-10-17)20(26)27/h3-6,16-17H,7-11H2,1-2H3,(H,21,25)(H,26,27). The van der Waals surface area contributed by atoms with Crippen LogP contribution in [0.3, 0.4) is 0 Å². The number of aromatic nitrogens is 2. The van der Waals surface area contributed by atoms with E-state index in [1.807, 2.05) is 0 Å². The topological polar surface area (TPSA) is 127 Å². The Kier molecular flexibility index (Phi) is 5.95. The number of aryl methyl sites for hydroxylation is 1. The van der Waals surface area contributed by atoms with Crippen LogP contribution in [0.25, 0.3) is 0 Å². The Morgan fingerprint density at radius 1 is 1.21 bits per heavy atom. The molecule has 0 spiro atoms. The number of aliphatic carboxylic acids is 1. The highest BCUT2D eigenvalue weighted by molar-refractivity contribution is 5.94. The van der Waals surface area contributed by atoms with E-state index in [4.69, 9.17) is 5.11 Å². The van der Waals surface area contributed by atoms with E-state index in [-0.39, 0.29) is 23.6 Å². The summed E-state index contributed by atoms with van der Waals surface area (Å²) >= 11 is 0. The minimum atomic E-state index is -0.765. The lowest BCUT2D eigenvalue weighted by atomic mass is 9.86. The number of carbonyl (C=O) groups is 2. The molecule has 0 saturated heterocycles. The van der Waals surface area contributed by atoms with E-state index in [1.165, 1.54) is 0 Å². The zero-order chi connectivity index (χ0) is 21.1. The van der Waals surface area contributed by atoms with Gasteiger partial charge in [-0.3, -0.25) is 24.4 Å². The molecular formula is C20H24N4O5. The summed E-state index contributed by atoms with van der Waals surface area (Å²) in [6.45, 7) is 3.65. The maximum atomic E-state index is 12.5. The second kappa shape index (κ2) is 8.42. The highest BCUT2D eigenvalue weighted by atomic mass is 16.6. The Hall–Kier alpha value is -3.23. The van der Waals surface area contributed by atoms with Crippen LogP contribution in [0.2, 0.25) is 0 Å². The zero-order valence-corrected chi connectivity index (χ0v) is 16.4. The van der Waals surface area contributed by atoms with Gasteiger partial charge in [-0.25, -0.2) is 0 Å². The first-order chi connectivity index (χ1) is 13.8. The molecule has 0 radical (unpaired) electrons. The van der Waals surface area contributed by atoms with Crippen molar-refractivity contribution in [2.24, 2.45) is 5.92 Å². The monoisotopic (exact) mass is 400 g/mol. The SMILES string of the molecule is Cc1nn(Cc2ccc(C(=O)NC3CCC(C(=O)O)CC3)cc2)c(C)c1[N+](=O)[O-]. The van der Waals surface area contributed by atoms with Crippen LogP contribution < -0.4 is 5.32 Å². The van der Waals surface area contributed by atoms with Crippen LogP contribution in [0.5, 0.6) is 0 Å². The summed E-state index contributed by atoms with van der Waals surface area (Å²) in [5.74, 6) is -1.26. The summed E-state index contributed by atoms with van der Waals surface area (Å²) < 4.78 is 1.59. The number of rotatable bonds is 6. The van der Waals surface area contributed by atoms with E-state index in [0.29, 0.717) is 49.2 Å².